The summed E-state index contributed by atoms with van der Waals surface area (Å²) in [6.45, 7) is 0. The van der Waals surface area contributed by atoms with Crippen LogP contribution in [0.2, 0.25) is 0 Å². The van der Waals surface area contributed by atoms with Crippen LogP contribution in [0, 0.1) is 0 Å². The monoisotopic (exact) mass is 448 g/mol. The van der Waals surface area contributed by atoms with Gasteiger partial charge in [0.2, 0.25) is 0 Å². The lowest BCUT2D eigenvalue weighted by Crippen LogP contribution is -2.06. The predicted octanol–water partition coefficient (Wildman–Crippen LogP) is 5.50. The van der Waals surface area contributed by atoms with Crippen molar-refractivity contribution in [1.82, 2.24) is 0 Å². The van der Waals surface area contributed by atoms with Gasteiger partial charge in [-0.3, -0.25) is 4.79 Å². The number of phenols is 3. The van der Waals surface area contributed by atoms with Crippen molar-refractivity contribution in [2.45, 2.75) is 80.4 Å². The van der Waals surface area contributed by atoms with E-state index in [1.165, 1.54) is 24.3 Å². The molecular formula is C24H32O6S. The Kier molecular flexibility index (Phi) is 10.5. The number of aromatic hydroxyl groups is 3. The maximum absolute atomic E-state index is 13.0. The number of hydrogen-bond acceptors (Lipinski definition) is 5. The highest BCUT2D eigenvalue weighted by atomic mass is 32.2. The lowest BCUT2D eigenvalue weighted by atomic mass is 10.0. The number of phenolic OH excluding ortho intramolecular Hbond substituents is 3. The van der Waals surface area contributed by atoms with Crippen LogP contribution in [-0.4, -0.2) is 30.9 Å². The van der Waals surface area contributed by atoms with Crippen LogP contribution < -0.4 is 0 Å². The Bertz CT molecular complexity index is 839. The minimum atomic E-state index is -1.61. The Balaban J connectivity index is 1.77. The van der Waals surface area contributed by atoms with Gasteiger partial charge in [0.25, 0.3) is 0 Å². The summed E-state index contributed by atoms with van der Waals surface area (Å²) in [5.41, 5.74) is 0.796. The number of unbranched alkanes of at least 4 members (excludes halogenated alkanes) is 8. The summed E-state index contributed by atoms with van der Waals surface area (Å²) < 4.78 is 13.0. The van der Waals surface area contributed by atoms with Crippen LogP contribution in [0.4, 0.5) is 0 Å². The number of aryl methyl sites for hydroxylation is 1. The van der Waals surface area contributed by atoms with E-state index in [1.807, 2.05) is 0 Å². The fourth-order valence-corrected chi connectivity index (χ4v) is 4.82. The molecule has 0 aliphatic heterocycles. The molecule has 170 valence electrons. The van der Waals surface area contributed by atoms with E-state index < -0.39 is 17.1 Å². The Morgan fingerprint density at radius 3 is 1.84 bits per heavy atom. The Hall–Kier alpha value is -2.38. The summed E-state index contributed by atoms with van der Waals surface area (Å²) in [6, 6.07) is 8.74. The summed E-state index contributed by atoms with van der Waals surface area (Å²) in [5.74, 6) is -0.920. The van der Waals surface area contributed by atoms with E-state index in [2.05, 4.69) is 0 Å². The minimum absolute atomic E-state index is 0.0931. The van der Waals surface area contributed by atoms with Crippen molar-refractivity contribution in [3.8, 4) is 17.2 Å². The van der Waals surface area contributed by atoms with Gasteiger partial charge in [0.1, 0.15) is 11.5 Å². The fraction of sp³-hybridized carbons (Fsp3) is 0.458. The average molecular weight is 449 g/mol. The van der Waals surface area contributed by atoms with Crippen molar-refractivity contribution in [2.75, 3.05) is 0 Å². The van der Waals surface area contributed by atoms with Crippen molar-refractivity contribution in [1.29, 1.82) is 0 Å². The second kappa shape index (κ2) is 13.1. The molecule has 2 rings (SSSR count). The highest BCUT2D eigenvalue weighted by molar-refractivity contribution is 7.91. The van der Waals surface area contributed by atoms with Gasteiger partial charge >= 0.3 is 5.97 Å². The SMILES string of the molecule is O=C(O)CCCCCCCCCCCc1cc(O)ccc1[S+]([O-])c1ccc(O)cc1O. The maximum atomic E-state index is 13.0. The largest absolute Gasteiger partial charge is 0.606 e. The van der Waals surface area contributed by atoms with Crippen LogP contribution in [0.3, 0.4) is 0 Å². The molecular weight excluding hydrogens is 416 g/mol. The number of hydrogen-bond donors (Lipinski definition) is 4. The molecule has 1 atom stereocenters. The molecule has 7 heteroatoms. The van der Waals surface area contributed by atoms with Crippen LogP contribution >= 0.6 is 0 Å². The normalized spacial score (nSPS) is 12.0. The summed E-state index contributed by atoms with van der Waals surface area (Å²) in [6.07, 6.45) is 10.2. The molecule has 0 radical (unpaired) electrons. The van der Waals surface area contributed by atoms with Gasteiger partial charge in [0.15, 0.2) is 15.5 Å². The zero-order valence-electron chi connectivity index (χ0n) is 17.8. The van der Waals surface area contributed by atoms with Crippen LogP contribution in [0.5, 0.6) is 17.2 Å². The van der Waals surface area contributed by atoms with Crippen molar-refractivity contribution in [2.24, 2.45) is 0 Å². The number of carbonyl (C=O) groups is 1. The van der Waals surface area contributed by atoms with Crippen LogP contribution in [-0.2, 0) is 22.4 Å². The highest BCUT2D eigenvalue weighted by Gasteiger charge is 2.23. The van der Waals surface area contributed by atoms with Crippen molar-refractivity contribution in [3.63, 3.8) is 0 Å². The van der Waals surface area contributed by atoms with Crippen molar-refractivity contribution < 1.29 is 29.8 Å². The molecule has 1 unspecified atom stereocenters. The third kappa shape index (κ3) is 8.71. The molecule has 0 amide bonds. The van der Waals surface area contributed by atoms with Gasteiger partial charge in [-0.25, -0.2) is 0 Å². The number of aliphatic carboxylic acids is 1. The lowest BCUT2D eigenvalue weighted by molar-refractivity contribution is -0.137. The quantitative estimate of drug-likeness (QED) is 0.224. The molecule has 6 nitrogen and oxygen atoms in total. The molecule has 0 aliphatic rings. The van der Waals surface area contributed by atoms with Gasteiger partial charge in [0.05, 0.1) is 0 Å². The Morgan fingerprint density at radius 2 is 1.26 bits per heavy atom. The van der Waals surface area contributed by atoms with Crippen LogP contribution in [0.1, 0.15) is 69.8 Å². The number of carboxylic acids is 1. The first-order chi connectivity index (χ1) is 14.9. The van der Waals surface area contributed by atoms with Gasteiger partial charge in [-0.05, 0) is 43.5 Å². The Labute approximate surface area is 186 Å². The first-order valence-corrected chi connectivity index (χ1v) is 12.0. The van der Waals surface area contributed by atoms with Gasteiger partial charge in [-0.2, -0.15) is 0 Å². The van der Waals surface area contributed by atoms with Crippen molar-refractivity contribution >= 4 is 17.1 Å². The molecule has 2 aromatic rings. The molecule has 0 saturated heterocycles. The third-order valence-corrected chi connectivity index (χ3v) is 6.77. The molecule has 0 fully saturated rings. The van der Waals surface area contributed by atoms with E-state index in [4.69, 9.17) is 5.11 Å². The topological polar surface area (TPSA) is 121 Å². The smallest absolute Gasteiger partial charge is 0.303 e. The van der Waals surface area contributed by atoms with Gasteiger partial charge in [0, 0.05) is 35.3 Å². The van der Waals surface area contributed by atoms with E-state index in [-0.39, 0.29) is 28.6 Å². The summed E-state index contributed by atoms with van der Waals surface area (Å²) >= 11 is -1.61. The maximum Gasteiger partial charge on any atom is 0.303 e. The standard InChI is InChI=1S/C24H32O6S/c25-19-12-14-22(31(30)23-15-13-20(26)17-21(23)27)18(16-19)10-8-6-4-2-1-3-5-7-9-11-24(28)29/h12-17,25-27H,1-11H2,(H,28,29). The van der Waals surface area contributed by atoms with Gasteiger partial charge in [-0.1, -0.05) is 44.9 Å². The fourth-order valence-electron chi connectivity index (χ4n) is 3.55. The summed E-state index contributed by atoms with van der Waals surface area (Å²) in [5, 5.41) is 37.9. The molecule has 0 bridgehead atoms. The third-order valence-electron chi connectivity index (χ3n) is 5.22. The Morgan fingerprint density at radius 1 is 0.742 bits per heavy atom. The molecule has 4 N–H and O–H groups in total. The van der Waals surface area contributed by atoms with E-state index in [1.54, 1.807) is 12.1 Å². The number of benzene rings is 2. The summed E-state index contributed by atoms with van der Waals surface area (Å²) in [4.78, 5) is 11.2. The molecule has 0 spiro atoms. The van der Waals surface area contributed by atoms with E-state index in [0.29, 0.717) is 11.3 Å². The molecule has 31 heavy (non-hydrogen) atoms. The second-order valence-electron chi connectivity index (χ2n) is 7.79. The van der Waals surface area contributed by atoms with Crippen LogP contribution in [0.15, 0.2) is 46.2 Å². The predicted molar refractivity (Wildman–Crippen MR) is 120 cm³/mol. The summed E-state index contributed by atoms with van der Waals surface area (Å²) in [7, 11) is 0. The van der Waals surface area contributed by atoms with Crippen molar-refractivity contribution in [3.05, 3.63) is 42.0 Å². The molecule has 0 heterocycles. The zero-order chi connectivity index (χ0) is 22.6. The van der Waals surface area contributed by atoms with E-state index in [0.717, 1.165) is 63.4 Å². The lowest BCUT2D eigenvalue weighted by Gasteiger charge is -2.15. The number of rotatable bonds is 14. The van der Waals surface area contributed by atoms with Gasteiger partial charge in [-0.15, -0.1) is 0 Å². The second-order valence-corrected chi connectivity index (χ2v) is 9.21. The minimum Gasteiger partial charge on any atom is -0.606 e. The first-order valence-electron chi connectivity index (χ1n) is 10.9. The first kappa shape index (κ1) is 24.9. The van der Waals surface area contributed by atoms with Crippen LogP contribution in [0.25, 0.3) is 0 Å². The average Bonchev–Trinajstić information content (AvgIpc) is 2.71. The molecule has 0 aromatic heterocycles. The molecule has 2 aromatic carbocycles. The zero-order valence-corrected chi connectivity index (χ0v) is 18.6. The highest BCUT2D eigenvalue weighted by Crippen LogP contribution is 2.34. The van der Waals surface area contributed by atoms with Gasteiger partial charge < -0.3 is 25.0 Å². The molecule has 0 aliphatic carbocycles. The molecule has 0 saturated carbocycles. The van der Waals surface area contributed by atoms with E-state index in [9.17, 15) is 24.7 Å². The number of carboxylic acid groups (broad SMARTS) is 1. The van der Waals surface area contributed by atoms with E-state index >= 15 is 0 Å².